The van der Waals surface area contributed by atoms with Gasteiger partial charge in [-0.2, -0.15) is 0 Å². The van der Waals surface area contributed by atoms with Gasteiger partial charge in [0.2, 0.25) is 0 Å². The smallest absolute Gasteiger partial charge is 0.412 e. The standard InChI is InChI=1S/C32H47NO5.C26H51NO5.CH4.H2/c1-2-3-4-5-6-7-8-9-10-11-12-19-24-29(37-31(35)26-20-15-13-16-21-26)30(28(33)25-34)38-32(36)27-22-17-14-18-23-27;1-7-8-9-10-11-12-13-14-15-16-17-18-19-22(28)23(29)21-20-31-26(5,6)27(21)24(30)32-25(2,3)4;;/h13-18,20-23,28-30,34H,2-12,19,24-25,33H2,1H3;21-23,28-29H,7-20H2,1-6H3;1H4;1H/t28-,29+,30-;21-,22+,23-;;/m00../s1/i;;;1+1. The molecule has 410 valence electrons. The lowest BCUT2D eigenvalue weighted by Crippen LogP contribution is -2.55. The van der Waals surface area contributed by atoms with E-state index in [2.05, 4.69) is 13.8 Å². The second kappa shape index (κ2) is 38.1. The average molecular weight is 1000 g/mol. The second-order valence-electron chi connectivity index (χ2n) is 21.0. The summed E-state index contributed by atoms with van der Waals surface area (Å²) in [6.45, 7) is 13.3. The fourth-order valence-electron chi connectivity index (χ4n) is 8.94. The van der Waals surface area contributed by atoms with Crippen LogP contribution in [0.3, 0.4) is 0 Å². The van der Waals surface area contributed by atoms with E-state index in [9.17, 15) is 29.7 Å². The van der Waals surface area contributed by atoms with Crippen LogP contribution >= 0.6 is 0 Å². The quantitative estimate of drug-likeness (QED) is 0.0293. The molecule has 1 amide bonds. The van der Waals surface area contributed by atoms with Gasteiger partial charge in [-0.05, 0) is 78.1 Å². The second-order valence-corrected chi connectivity index (χ2v) is 21.0. The monoisotopic (exact) mass is 1000 g/mol. The number of rotatable bonds is 35. The van der Waals surface area contributed by atoms with Gasteiger partial charge in [-0.1, -0.05) is 205 Å². The lowest BCUT2D eigenvalue weighted by Gasteiger charge is -2.37. The van der Waals surface area contributed by atoms with Gasteiger partial charge in [-0.15, -0.1) is 0 Å². The molecule has 0 unspecified atom stereocenters. The summed E-state index contributed by atoms with van der Waals surface area (Å²) in [7, 11) is 0. The summed E-state index contributed by atoms with van der Waals surface area (Å²) in [6.07, 6.45) is 26.5. The lowest BCUT2D eigenvalue weighted by molar-refractivity contribution is -0.0773. The van der Waals surface area contributed by atoms with E-state index >= 15 is 0 Å². The van der Waals surface area contributed by atoms with Gasteiger partial charge in [0, 0.05) is 1.43 Å². The number of hydrogen-bond acceptors (Lipinski definition) is 11. The Morgan fingerprint density at radius 1 is 0.662 bits per heavy atom. The third-order valence-electron chi connectivity index (χ3n) is 13.1. The molecule has 5 N–H and O–H groups in total. The van der Waals surface area contributed by atoms with E-state index < -0.39 is 72.5 Å². The molecule has 71 heavy (non-hydrogen) atoms. The summed E-state index contributed by atoms with van der Waals surface area (Å²) < 4.78 is 22.8. The zero-order chi connectivity index (χ0) is 51.6. The highest BCUT2D eigenvalue weighted by molar-refractivity contribution is 5.90. The number of carbonyl (C=O) groups excluding carboxylic acids is 3. The number of benzene rings is 2. The topological polar surface area (TPSA) is 178 Å². The Bertz CT molecular complexity index is 1650. The predicted molar refractivity (Wildman–Crippen MR) is 290 cm³/mol. The number of amides is 1. The number of aliphatic hydroxyl groups is 3. The van der Waals surface area contributed by atoms with Gasteiger partial charge in [-0.25, -0.2) is 14.4 Å². The van der Waals surface area contributed by atoms with Crippen molar-refractivity contribution >= 4 is 18.0 Å². The number of nitrogens with zero attached hydrogens (tertiary/aromatic N) is 1. The molecule has 0 bridgehead atoms. The molecule has 1 heterocycles. The molecule has 1 aliphatic heterocycles. The fourth-order valence-corrected chi connectivity index (χ4v) is 8.94. The van der Waals surface area contributed by atoms with E-state index in [4.69, 9.17) is 24.7 Å². The maximum atomic E-state index is 12.9. The van der Waals surface area contributed by atoms with Crippen LogP contribution in [0.25, 0.3) is 0 Å². The molecule has 6 atom stereocenters. The molecule has 2 aromatic rings. The first-order valence-corrected chi connectivity index (χ1v) is 27.5. The number of aliphatic hydroxyl groups excluding tert-OH is 3. The Morgan fingerprint density at radius 2 is 1.04 bits per heavy atom. The van der Waals surface area contributed by atoms with E-state index in [0.717, 1.165) is 32.1 Å². The molecule has 0 saturated carbocycles. The van der Waals surface area contributed by atoms with Crippen LogP contribution < -0.4 is 5.73 Å². The van der Waals surface area contributed by atoms with Gasteiger partial charge in [0.1, 0.15) is 23.5 Å². The summed E-state index contributed by atoms with van der Waals surface area (Å²) in [5, 5.41) is 31.1. The summed E-state index contributed by atoms with van der Waals surface area (Å²) in [5.41, 5.74) is 5.44. The van der Waals surface area contributed by atoms with Crippen molar-refractivity contribution in [3.63, 3.8) is 0 Å². The molecule has 1 fully saturated rings. The fraction of sp³-hybridized carbons (Fsp3) is 0.746. The SMILES string of the molecule is C.CCCCCCCCCCCCCC[C@@H](O)[C@@H](O)[C@@H]1COC(C)(C)N1C(=O)OC(C)(C)C.CCCCCCCCCCCCCC[C@@H](OC(=O)c1ccccc1)[C@@H](OC(=O)c1ccccc1)[C@@H](N)CO.[2HH]. The van der Waals surface area contributed by atoms with Crippen LogP contribution in [0.5, 0.6) is 0 Å². The van der Waals surface area contributed by atoms with E-state index in [1.165, 1.54) is 127 Å². The highest BCUT2D eigenvalue weighted by atomic mass is 16.6. The lowest BCUT2D eigenvalue weighted by atomic mass is 9.98. The third kappa shape index (κ3) is 27.9. The van der Waals surface area contributed by atoms with Crippen molar-refractivity contribution in [3.8, 4) is 0 Å². The highest BCUT2D eigenvalue weighted by Gasteiger charge is 2.49. The molecule has 12 nitrogen and oxygen atoms in total. The van der Waals surface area contributed by atoms with Gasteiger partial charge in [0.25, 0.3) is 0 Å². The Labute approximate surface area is 433 Å². The van der Waals surface area contributed by atoms with E-state index in [1.807, 2.05) is 32.9 Å². The van der Waals surface area contributed by atoms with E-state index in [-0.39, 0.29) is 15.5 Å². The van der Waals surface area contributed by atoms with Gasteiger partial charge in [-0.3, -0.25) is 4.90 Å². The molecule has 12 heteroatoms. The van der Waals surface area contributed by atoms with Crippen LogP contribution in [0, 0.1) is 0 Å². The number of ether oxygens (including phenoxy) is 4. The first-order chi connectivity index (χ1) is 33.6. The van der Waals surface area contributed by atoms with Crippen LogP contribution in [-0.4, -0.2) is 99.3 Å². The highest BCUT2D eigenvalue weighted by Crippen LogP contribution is 2.32. The van der Waals surface area contributed by atoms with Crippen molar-refractivity contribution in [2.75, 3.05) is 13.2 Å². The van der Waals surface area contributed by atoms with E-state index in [0.29, 0.717) is 24.0 Å². The van der Waals surface area contributed by atoms with Crippen molar-refractivity contribution in [1.82, 2.24) is 4.90 Å². The maximum absolute atomic E-state index is 12.9. The number of nitrogens with two attached hydrogens (primary N) is 1. The summed E-state index contributed by atoms with van der Waals surface area (Å²) in [4.78, 5) is 39.8. The molecule has 0 aliphatic carbocycles. The Balaban J connectivity index is 0.00000138. The predicted octanol–water partition coefficient (Wildman–Crippen LogP) is 13.9. The number of hydrogen-bond donors (Lipinski definition) is 4. The minimum atomic E-state index is -1.06. The van der Waals surface area contributed by atoms with Crippen molar-refractivity contribution in [2.45, 2.75) is 271 Å². The third-order valence-corrected chi connectivity index (χ3v) is 13.1. The molecule has 0 aromatic heterocycles. The molecular formula is C59H104N2O10. The molecular weight excluding hydrogens is 897 g/mol. The van der Waals surface area contributed by atoms with Crippen molar-refractivity contribution in [2.24, 2.45) is 5.73 Å². The Hall–Kier alpha value is -3.55. The summed E-state index contributed by atoms with van der Waals surface area (Å²) >= 11 is 0. The van der Waals surface area contributed by atoms with Gasteiger partial charge in [0.15, 0.2) is 6.10 Å². The van der Waals surface area contributed by atoms with Crippen molar-refractivity contribution in [3.05, 3.63) is 71.8 Å². The normalized spacial score (nSPS) is 16.4. The van der Waals surface area contributed by atoms with Gasteiger partial charge in [0.05, 0.1) is 42.5 Å². The number of esters is 2. The summed E-state index contributed by atoms with van der Waals surface area (Å²) in [5.74, 6) is -1.06. The van der Waals surface area contributed by atoms with Gasteiger partial charge >= 0.3 is 18.0 Å². The van der Waals surface area contributed by atoms with Crippen molar-refractivity contribution < 1.29 is 50.1 Å². The largest absolute Gasteiger partial charge is 0.455 e. The minimum Gasteiger partial charge on any atom is -0.455 e. The number of carbonyl (C=O) groups is 3. The minimum absolute atomic E-state index is 0. The van der Waals surface area contributed by atoms with Crippen LogP contribution in [0.1, 0.15) is 245 Å². The molecule has 3 rings (SSSR count). The van der Waals surface area contributed by atoms with E-state index in [1.54, 1.807) is 62.4 Å². The summed E-state index contributed by atoms with van der Waals surface area (Å²) in [6, 6.07) is 15.8. The Morgan fingerprint density at radius 3 is 1.44 bits per heavy atom. The molecule has 2 aromatic carbocycles. The maximum Gasteiger partial charge on any atom is 0.412 e. The van der Waals surface area contributed by atoms with Crippen LogP contribution in [0.15, 0.2) is 60.7 Å². The molecule has 0 radical (unpaired) electrons. The zero-order valence-corrected chi connectivity index (χ0v) is 44.8. The molecule has 0 spiro atoms. The zero-order valence-electron chi connectivity index (χ0n) is 44.8. The van der Waals surface area contributed by atoms with Crippen molar-refractivity contribution in [1.29, 1.82) is 0 Å². The van der Waals surface area contributed by atoms with Crippen LogP contribution in [-0.2, 0) is 18.9 Å². The Kier molecular flexibility index (Phi) is 35.1. The van der Waals surface area contributed by atoms with Gasteiger partial charge < -0.3 is 40.0 Å². The molecule has 1 aliphatic rings. The first-order valence-electron chi connectivity index (χ1n) is 27.5. The average Bonchev–Trinajstić information content (AvgIpc) is 3.67. The van der Waals surface area contributed by atoms with Crippen LogP contribution in [0.4, 0.5) is 4.79 Å². The number of unbranched alkanes of at least 4 members (excludes halogenated alkanes) is 22. The first kappa shape index (κ1) is 65.5. The molecule has 1 saturated heterocycles. The van der Waals surface area contributed by atoms with Crippen LogP contribution in [0.2, 0.25) is 0 Å².